The Labute approximate surface area is 170 Å². The van der Waals surface area contributed by atoms with E-state index < -0.39 is 55.5 Å². The zero-order chi connectivity index (χ0) is 21.8. The molecule has 0 aromatic heterocycles. The van der Waals surface area contributed by atoms with E-state index in [0.717, 1.165) is 12.8 Å². The molecule has 9 heteroatoms. The van der Waals surface area contributed by atoms with Crippen molar-refractivity contribution in [1.82, 2.24) is 0 Å². The van der Waals surface area contributed by atoms with E-state index in [1.54, 1.807) is 6.08 Å². The van der Waals surface area contributed by atoms with E-state index in [2.05, 4.69) is 0 Å². The van der Waals surface area contributed by atoms with Crippen molar-refractivity contribution >= 4 is 5.97 Å². The molecule has 1 aliphatic rings. The molecule has 0 saturated carbocycles. The summed E-state index contributed by atoms with van der Waals surface area (Å²) in [6.07, 6.45) is 0.846. The molecule has 0 amide bonds. The molecule has 9 nitrogen and oxygen atoms in total. The molecule has 6 N–H and O–H groups in total. The molecule has 168 valence electrons. The van der Waals surface area contributed by atoms with Crippen LogP contribution < -0.4 is 0 Å². The smallest absolute Gasteiger partial charge is 0.303 e. The van der Waals surface area contributed by atoms with Gasteiger partial charge in [-0.2, -0.15) is 0 Å². The molecule has 1 saturated heterocycles. The summed E-state index contributed by atoms with van der Waals surface area (Å²) in [5.41, 5.74) is 0. The first kappa shape index (κ1) is 25.7. The van der Waals surface area contributed by atoms with Crippen LogP contribution in [0.1, 0.15) is 45.4 Å². The fraction of sp³-hybridized carbons (Fsp3) is 0.750. The number of carboxylic acid groups (broad SMARTS) is 1. The molecule has 0 bridgehead atoms. The van der Waals surface area contributed by atoms with E-state index in [-0.39, 0.29) is 25.7 Å². The van der Waals surface area contributed by atoms with Crippen molar-refractivity contribution in [2.75, 3.05) is 6.61 Å². The Kier molecular flexibility index (Phi) is 12.2. The zero-order valence-corrected chi connectivity index (χ0v) is 16.7. The van der Waals surface area contributed by atoms with Crippen LogP contribution in [0.25, 0.3) is 0 Å². The minimum absolute atomic E-state index is 0.112. The van der Waals surface area contributed by atoms with Gasteiger partial charge in [-0.15, -0.1) is 0 Å². The lowest BCUT2D eigenvalue weighted by Gasteiger charge is -2.41. The molecule has 0 aromatic carbocycles. The fourth-order valence-corrected chi connectivity index (χ4v) is 2.98. The Morgan fingerprint density at radius 2 is 1.79 bits per heavy atom. The fourth-order valence-electron chi connectivity index (χ4n) is 2.98. The highest BCUT2D eigenvalue weighted by molar-refractivity contribution is 5.66. The molecule has 1 rings (SSSR count). The number of rotatable bonds is 13. The second-order valence-electron chi connectivity index (χ2n) is 7.05. The van der Waals surface area contributed by atoms with Gasteiger partial charge >= 0.3 is 5.97 Å². The number of carbonyl (C=O) groups is 1. The Morgan fingerprint density at radius 1 is 1.10 bits per heavy atom. The monoisotopic (exact) mass is 418 g/mol. The molecule has 1 aliphatic heterocycles. The lowest BCUT2D eigenvalue weighted by atomic mass is 9.98. The number of ether oxygens (including phenoxy) is 2. The van der Waals surface area contributed by atoms with E-state index in [0.29, 0.717) is 0 Å². The van der Waals surface area contributed by atoms with Crippen molar-refractivity contribution < 1.29 is 44.9 Å². The number of aliphatic carboxylic acids is 1. The minimum Gasteiger partial charge on any atom is -0.481 e. The largest absolute Gasteiger partial charge is 0.481 e. The summed E-state index contributed by atoms with van der Waals surface area (Å²) in [5.74, 6) is -0.978. The summed E-state index contributed by atoms with van der Waals surface area (Å²) in [4.78, 5) is 10.8. The summed E-state index contributed by atoms with van der Waals surface area (Å²) in [6.45, 7) is 1.44. The molecule has 0 unspecified atom stereocenters. The number of aliphatic hydroxyl groups is 5. The van der Waals surface area contributed by atoms with E-state index in [4.69, 9.17) is 14.6 Å². The molecular weight excluding hydrogens is 384 g/mol. The van der Waals surface area contributed by atoms with Crippen LogP contribution in [0, 0.1) is 0 Å². The number of carboxylic acids is 1. The van der Waals surface area contributed by atoms with Gasteiger partial charge in [0.2, 0.25) is 0 Å². The van der Waals surface area contributed by atoms with Crippen molar-refractivity contribution in [3.8, 4) is 0 Å². The van der Waals surface area contributed by atoms with Gasteiger partial charge in [0.15, 0.2) is 6.29 Å². The minimum atomic E-state index is -1.59. The van der Waals surface area contributed by atoms with Crippen LogP contribution in [-0.4, -0.2) is 86.1 Å². The van der Waals surface area contributed by atoms with Crippen LogP contribution in [0.4, 0.5) is 0 Å². The molecule has 0 spiro atoms. The van der Waals surface area contributed by atoms with Gasteiger partial charge in [-0.25, -0.2) is 0 Å². The maximum atomic E-state index is 10.8. The van der Waals surface area contributed by atoms with E-state index in [9.17, 15) is 30.3 Å². The summed E-state index contributed by atoms with van der Waals surface area (Å²) >= 11 is 0. The molecule has 7 atom stereocenters. The molecule has 29 heavy (non-hydrogen) atoms. The Balaban J connectivity index is 2.74. The summed E-state index contributed by atoms with van der Waals surface area (Å²) < 4.78 is 11.0. The topological polar surface area (TPSA) is 157 Å². The van der Waals surface area contributed by atoms with Gasteiger partial charge in [0.25, 0.3) is 0 Å². The van der Waals surface area contributed by atoms with Crippen molar-refractivity contribution in [3.63, 3.8) is 0 Å². The van der Waals surface area contributed by atoms with Crippen molar-refractivity contribution in [1.29, 1.82) is 0 Å². The van der Waals surface area contributed by atoms with Gasteiger partial charge in [0.05, 0.1) is 18.8 Å². The molecular formula is C20H34O9. The second-order valence-corrected chi connectivity index (χ2v) is 7.05. The van der Waals surface area contributed by atoms with E-state index in [1.807, 2.05) is 25.2 Å². The number of aliphatic hydroxyl groups excluding tert-OH is 5. The average Bonchev–Trinajstić information content (AvgIpc) is 2.69. The maximum Gasteiger partial charge on any atom is 0.303 e. The van der Waals surface area contributed by atoms with Gasteiger partial charge in [0.1, 0.15) is 24.4 Å². The molecule has 1 heterocycles. The normalized spacial score (nSPS) is 30.1. The van der Waals surface area contributed by atoms with Gasteiger partial charge in [-0.1, -0.05) is 31.2 Å². The second kappa shape index (κ2) is 13.8. The summed E-state index contributed by atoms with van der Waals surface area (Å²) in [5, 5.41) is 58.4. The SMILES string of the molecule is CC/C=C\C/C=C\C[C@H](O)[C@@H](CCCC(=O)O)O[C@@H]1O[C@H](CO)[C@@H](O)[C@H](O)[C@H]1O. The standard InChI is InChI=1S/C20H34O9/c1-2-3-4-5-6-7-9-13(22)14(10-8-11-16(23)24)28-20-19(27)18(26)17(25)15(12-21)29-20/h3-4,6-7,13-15,17-22,25-27H,2,5,8-12H2,1H3,(H,23,24)/b4-3-,7-6-/t13-,14+,15+,17+,18-,19+,20+/m0/s1. The number of hydrogen-bond acceptors (Lipinski definition) is 8. The lowest BCUT2D eigenvalue weighted by molar-refractivity contribution is -0.317. The van der Waals surface area contributed by atoms with Gasteiger partial charge < -0.3 is 40.1 Å². The third kappa shape index (κ3) is 8.91. The molecule has 0 aliphatic carbocycles. The van der Waals surface area contributed by atoms with Crippen molar-refractivity contribution in [2.24, 2.45) is 0 Å². The predicted octanol–water partition coefficient (Wildman–Crippen LogP) is 0.0899. The molecule has 0 aromatic rings. The van der Waals surface area contributed by atoms with Gasteiger partial charge in [0, 0.05) is 6.42 Å². The first-order chi connectivity index (χ1) is 13.8. The summed E-state index contributed by atoms with van der Waals surface area (Å²) in [6, 6.07) is 0. The Bertz CT molecular complexity index is 520. The van der Waals surface area contributed by atoms with Crippen LogP contribution in [0.3, 0.4) is 0 Å². The Morgan fingerprint density at radius 3 is 2.41 bits per heavy atom. The molecule has 0 radical (unpaired) electrons. The summed E-state index contributed by atoms with van der Waals surface area (Å²) in [7, 11) is 0. The van der Waals surface area contributed by atoms with Crippen LogP contribution in [0.15, 0.2) is 24.3 Å². The van der Waals surface area contributed by atoms with E-state index in [1.165, 1.54) is 0 Å². The van der Waals surface area contributed by atoms with Gasteiger partial charge in [-0.05, 0) is 32.1 Å². The van der Waals surface area contributed by atoms with Gasteiger partial charge in [-0.3, -0.25) is 4.79 Å². The van der Waals surface area contributed by atoms with E-state index >= 15 is 0 Å². The average molecular weight is 418 g/mol. The maximum absolute atomic E-state index is 10.8. The first-order valence-electron chi connectivity index (χ1n) is 9.97. The number of hydrogen-bond donors (Lipinski definition) is 6. The highest BCUT2D eigenvalue weighted by atomic mass is 16.7. The first-order valence-corrected chi connectivity index (χ1v) is 9.97. The van der Waals surface area contributed by atoms with Crippen LogP contribution in [-0.2, 0) is 14.3 Å². The Hall–Kier alpha value is -1.33. The van der Waals surface area contributed by atoms with Crippen molar-refractivity contribution in [2.45, 2.75) is 88.4 Å². The van der Waals surface area contributed by atoms with Crippen LogP contribution in [0.5, 0.6) is 0 Å². The predicted molar refractivity (Wildman–Crippen MR) is 104 cm³/mol. The third-order valence-electron chi connectivity index (χ3n) is 4.68. The lowest BCUT2D eigenvalue weighted by Crippen LogP contribution is -2.60. The molecule has 1 fully saturated rings. The highest BCUT2D eigenvalue weighted by Gasteiger charge is 2.45. The number of allylic oxidation sites excluding steroid dienone is 3. The highest BCUT2D eigenvalue weighted by Crippen LogP contribution is 2.25. The third-order valence-corrected chi connectivity index (χ3v) is 4.68. The van der Waals surface area contributed by atoms with Crippen LogP contribution in [0.2, 0.25) is 0 Å². The quantitative estimate of drug-likeness (QED) is 0.228. The van der Waals surface area contributed by atoms with Crippen molar-refractivity contribution in [3.05, 3.63) is 24.3 Å². The van der Waals surface area contributed by atoms with Crippen LogP contribution >= 0.6 is 0 Å². The zero-order valence-electron chi connectivity index (χ0n) is 16.7.